The van der Waals surface area contributed by atoms with E-state index < -0.39 is 29.6 Å². The van der Waals surface area contributed by atoms with Crippen LogP contribution < -0.4 is 5.73 Å². The van der Waals surface area contributed by atoms with E-state index in [2.05, 4.69) is 0 Å². The molecule has 0 radical (unpaired) electrons. The Hall–Kier alpha value is -1.09. The van der Waals surface area contributed by atoms with E-state index in [1.807, 2.05) is 0 Å². The van der Waals surface area contributed by atoms with Crippen LogP contribution in [0.3, 0.4) is 0 Å². The van der Waals surface area contributed by atoms with Gasteiger partial charge in [-0.05, 0) is 17.7 Å². The van der Waals surface area contributed by atoms with Gasteiger partial charge in [0.25, 0.3) is 6.43 Å². The Morgan fingerprint density at radius 3 is 2.26 bits per heavy atom. The van der Waals surface area contributed by atoms with Crippen LogP contribution in [0.25, 0.3) is 0 Å². The number of nitrogens with zero attached hydrogens (tertiary/aromatic N) is 1. The lowest BCUT2D eigenvalue weighted by atomic mass is 10.2. The van der Waals surface area contributed by atoms with Crippen LogP contribution in [0.15, 0.2) is 29.2 Å². The lowest BCUT2D eigenvalue weighted by Crippen LogP contribution is -2.37. The lowest BCUT2D eigenvalue weighted by molar-refractivity contribution is 0.113. The zero-order valence-electron chi connectivity index (χ0n) is 10.2. The highest BCUT2D eigenvalue weighted by Crippen LogP contribution is 2.17. The molecule has 0 spiro atoms. The first-order valence-electron chi connectivity index (χ1n) is 5.60. The number of rotatable bonds is 7. The van der Waals surface area contributed by atoms with Gasteiger partial charge in [-0.2, -0.15) is 4.31 Å². The zero-order valence-corrected chi connectivity index (χ0v) is 11.0. The molecule has 0 saturated carbocycles. The molecule has 0 fully saturated rings. The van der Waals surface area contributed by atoms with Gasteiger partial charge in [-0.25, -0.2) is 17.2 Å². The fraction of sp³-hybridized carbons (Fsp3) is 0.455. The van der Waals surface area contributed by atoms with Crippen molar-refractivity contribution in [2.24, 2.45) is 5.73 Å². The molecule has 0 aliphatic heterocycles. The lowest BCUT2D eigenvalue weighted by Gasteiger charge is -2.20. The molecule has 5 nitrogen and oxygen atoms in total. The number of alkyl halides is 2. The number of aliphatic hydroxyl groups excluding tert-OH is 1. The quantitative estimate of drug-likeness (QED) is 0.762. The Morgan fingerprint density at radius 2 is 1.84 bits per heavy atom. The van der Waals surface area contributed by atoms with Gasteiger partial charge < -0.3 is 10.8 Å². The van der Waals surface area contributed by atoms with Crippen molar-refractivity contribution in [2.45, 2.75) is 17.9 Å². The molecular weight excluding hydrogens is 278 g/mol. The van der Waals surface area contributed by atoms with Crippen LogP contribution in [0.2, 0.25) is 0 Å². The molecule has 0 amide bonds. The standard InChI is InChI=1S/C11H16F2N2O3S/c12-11(13)8-15(5-6-16)19(17,18)10-3-1-9(7-14)2-4-10/h1-4,11,16H,5-8,14H2. The monoisotopic (exact) mass is 294 g/mol. The minimum Gasteiger partial charge on any atom is -0.395 e. The molecule has 0 aromatic heterocycles. The highest BCUT2D eigenvalue weighted by molar-refractivity contribution is 7.89. The van der Waals surface area contributed by atoms with Crippen molar-refractivity contribution < 1.29 is 22.3 Å². The topological polar surface area (TPSA) is 83.6 Å². The van der Waals surface area contributed by atoms with Crippen LogP contribution in [-0.2, 0) is 16.6 Å². The number of hydrogen-bond donors (Lipinski definition) is 2. The third kappa shape index (κ3) is 4.20. The predicted octanol–water partition coefficient (Wildman–Crippen LogP) is 0.393. The van der Waals surface area contributed by atoms with E-state index in [0.29, 0.717) is 4.31 Å². The van der Waals surface area contributed by atoms with Crippen molar-refractivity contribution in [1.82, 2.24) is 4.31 Å². The molecule has 1 aromatic rings. The van der Waals surface area contributed by atoms with Gasteiger partial charge in [0.15, 0.2) is 0 Å². The van der Waals surface area contributed by atoms with Crippen molar-refractivity contribution in [3.63, 3.8) is 0 Å². The maximum atomic E-state index is 12.4. The molecule has 0 heterocycles. The van der Waals surface area contributed by atoms with Crippen LogP contribution in [0.1, 0.15) is 5.56 Å². The summed E-state index contributed by atoms with van der Waals surface area (Å²) in [4.78, 5) is -0.0983. The molecule has 19 heavy (non-hydrogen) atoms. The van der Waals surface area contributed by atoms with Crippen LogP contribution in [0.4, 0.5) is 8.78 Å². The summed E-state index contributed by atoms with van der Waals surface area (Å²) < 4.78 is 49.5. The molecule has 0 unspecified atom stereocenters. The highest BCUT2D eigenvalue weighted by atomic mass is 32.2. The molecular formula is C11H16F2N2O3S. The zero-order chi connectivity index (χ0) is 14.5. The summed E-state index contributed by atoms with van der Waals surface area (Å²) in [6, 6.07) is 5.67. The molecule has 8 heteroatoms. The number of hydrogen-bond acceptors (Lipinski definition) is 4. The van der Waals surface area contributed by atoms with Crippen LogP contribution in [0.5, 0.6) is 0 Å². The predicted molar refractivity (Wildman–Crippen MR) is 66.2 cm³/mol. The van der Waals surface area contributed by atoms with Gasteiger partial charge in [-0.15, -0.1) is 0 Å². The maximum absolute atomic E-state index is 12.4. The normalized spacial score (nSPS) is 12.3. The van der Waals surface area contributed by atoms with E-state index in [0.717, 1.165) is 5.56 Å². The number of aliphatic hydroxyl groups is 1. The van der Waals surface area contributed by atoms with E-state index in [1.165, 1.54) is 24.3 Å². The summed E-state index contributed by atoms with van der Waals surface area (Å²) >= 11 is 0. The SMILES string of the molecule is NCc1ccc(S(=O)(=O)N(CCO)CC(F)F)cc1. The van der Waals surface area contributed by atoms with Gasteiger partial charge >= 0.3 is 0 Å². The molecule has 0 aliphatic carbocycles. The van der Waals surface area contributed by atoms with E-state index in [4.69, 9.17) is 10.8 Å². The molecule has 0 saturated heterocycles. The average molecular weight is 294 g/mol. The first kappa shape index (κ1) is 16.0. The summed E-state index contributed by atoms with van der Waals surface area (Å²) in [5.41, 5.74) is 6.13. The van der Waals surface area contributed by atoms with Gasteiger partial charge in [-0.3, -0.25) is 0 Å². The van der Waals surface area contributed by atoms with Gasteiger partial charge in [0.2, 0.25) is 10.0 Å². The Labute approximate surface area is 110 Å². The Balaban J connectivity index is 3.03. The van der Waals surface area contributed by atoms with Gasteiger partial charge in [0, 0.05) is 13.1 Å². The third-order valence-electron chi connectivity index (χ3n) is 2.49. The first-order valence-corrected chi connectivity index (χ1v) is 7.04. The Bertz CT molecular complexity index is 491. The summed E-state index contributed by atoms with van der Waals surface area (Å²) in [6.07, 6.45) is -2.80. The van der Waals surface area contributed by atoms with E-state index in [-0.39, 0.29) is 18.0 Å². The fourth-order valence-corrected chi connectivity index (χ4v) is 2.93. The largest absolute Gasteiger partial charge is 0.395 e. The van der Waals surface area contributed by atoms with Crippen molar-refractivity contribution in [1.29, 1.82) is 0 Å². The van der Waals surface area contributed by atoms with Gasteiger partial charge in [0.05, 0.1) is 18.0 Å². The molecule has 1 aromatic carbocycles. The number of sulfonamides is 1. The molecule has 0 bridgehead atoms. The number of nitrogens with two attached hydrogens (primary N) is 1. The highest BCUT2D eigenvalue weighted by Gasteiger charge is 2.26. The maximum Gasteiger partial charge on any atom is 0.252 e. The van der Waals surface area contributed by atoms with Crippen molar-refractivity contribution in [3.05, 3.63) is 29.8 Å². The minimum atomic E-state index is -4.03. The first-order chi connectivity index (χ1) is 8.91. The van der Waals surface area contributed by atoms with Crippen LogP contribution in [-0.4, -0.2) is 44.0 Å². The van der Waals surface area contributed by atoms with E-state index in [1.54, 1.807) is 0 Å². The molecule has 3 N–H and O–H groups in total. The molecule has 0 aliphatic rings. The summed E-state index contributed by atoms with van der Waals surface area (Å²) in [5, 5.41) is 8.77. The molecule has 1 rings (SSSR count). The second-order valence-corrected chi connectivity index (χ2v) is 5.76. The summed E-state index contributed by atoms with van der Waals surface area (Å²) in [5.74, 6) is 0. The van der Waals surface area contributed by atoms with Crippen molar-refractivity contribution >= 4 is 10.0 Å². The van der Waals surface area contributed by atoms with Gasteiger partial charge in [-0.1, -0.05) is 12.1 Å². The van der Waals surface area contributed by atoms with Crippen LogP contribution >= 0.6 is 0 Å². The number of halogens is 2. The molecule has 0 atom stereocenters. The number of benzene rings is 1. The Morgan fingerprint density at radius 1 is 1.26 bits per heavy atom. The van der Waals surface area contributed by atoms with E-state index >= 15 is 0 Å². The summed E-state index contributed by atoms with van der Waals surface area (Å²) in [6.45, 7) is -1.57. The second kappa shape index (κ2) is 6.90. The Kier molecular flexibility index (Phi) is 5.80. The van der Waals surface area contributed by atoms with Crippen LogP contribution in [0, 0.1) is 0 Å². The average Bonchev–Trinajstić information content (AvgIpc) is 2.38. The minimum absolute atomic E-state index is 0.0983. The van der Waals surface area contributed by atoms with Crippen molar-refractivity contribution in [2.75, 3.05) is 19.7 Å². The van der Waals surface area contributed by atoms with Gasteiger partial charge in [0.1, 0.15) is 0 Å². The van der Waals surface area contributed by atoms with Crippen molar-refractivity contribution in [3.8, 4) is 0 Å². The fourth-order valence-electron chi connectivity index (χ4n) is 1.52. The van der Waals surface area contributed by atoms with E-state index in [9.17, 15) is 17.2 Å². The smallest absolute Gasteiger partial charge is 0.252 e. The third-order valence-corrected chi connectivity index (χ3v) is 4.37. The second-order valence-electron chi connectivity index (χ2n) is 3.83. The summed E-state index contributed by atoms with van der Waals surface area (Å²) in [7, 11) is -4.03. The molecule has 108 valence electrons.